The topological polar surface area (TPSA) is 82.9 Å². The Hall–Kier alpha value is -3.04. The van der Waals surface area contributed by atoms with Gasteiger partial charge in [0.15, 0.2) is 16.7 Å². The standard InChI is InChI=1S/C25H29N3O5S/c1-3-31-12-6-11-28-24(30)19-7-4-5-8-20(19)26-25(28)34-17-23(29)27(2)16-18-9-10-21-22(15-18)33-14-13-32-21/h4-5,7-10,15H,3,6,11-14,16-17H2,1-2H3. The number of fused-ring (bicyclic) bond motifs is 2. The van der Waals surface area contributed by atoms with E-state index in [0.29, 0.717) is 67.7 Å². The van der Waals surface area contributed by atoms with Crippen LogP contribution in [0.25, 0.3) is 10.9 Å². The highest BCUT2D eigenvalue weighted by molar-refractivity contribution is 7.99. The number of nitrogens with zero attached hydrogens (tertiary/aromatic N) is 3. The molecule has 180 valence electrons. The first-order valence-electron chi connectivity index (χ1n) is 11.4. The zero-order chi connectivity index (χ0) is 23.9. The van der Waals surface area contributed by atoms with Crippen LogP contribution in [0.2, 0.25) is 0 Å². The molecule has 3 aromatic rings. The maximum Gasteiger partial charge on any atom is 0.262 e. The maximum absolute atomic E-state index is 13.1. The van der Waals surface area contributed by atoms with Crippen molar-refractivity contribution in [3.05, 3.63) is 58.4 Å². The van der Waals surface area contributed by atoms with Crippen molar-refractivity contribution in [3.63, 3.8) is 0 Å². The lowest BCUT2D eigenvalue weighted by Gasteiger charge is -2.21. The van der Waals surface area contributed by atoms with Crippen LogP contribution in [0.1, 0.15) is 18.9 Å². The summed E-state index contributed by atoms with van der Waals surface area (Å²) < 4.78 is 18.3. The predicted octanol–water partition coefficient (Wildman–Crippen LogP) is 3.35. The van der Waals surface area contributed by atoms with Crippen LogP contribution in [0.4, 0.5) is 0 Å². The van der Waals surface area contributed by atoms with Gasteiger partial charge in [-0.15, -0.1) is 0 Å². The van der Waals surface area contributed by atoms with Crippen molar-refractivity contribution in [1.29, 1.82) is 0 Å². The third-order valence-corrected chi connectivity index (χ3v) is 6.44. The molecule has 4 rings (SSSR count). The molecule has 0 N–H and O–H groups in total. The van der Waals surface area contributed by atoms with Crippen LogP contribution in [-0.2, 0) is 22.6 Å². The summed E-state index contributed by atoms with van der Waals surface area (Å²) in [6.45, 7) is 5.14. The van der Waals surface area contributed by atoms with E-state index in [4.69, 9.17) is 14.2 Å². The molecule has 0 unspecified atom stereocenters. The van der Waals surface area contributed by atoms with Gasteiger partial charge in [-0.1, -0.05) is 30.0 Å². The fourth-order valence-electron chi connectivity index (χ4n) is 3.71. The third kappa shape index (κ3) is 5.71. The van der Waals surface area contributed by atoms with Crippen LogP contribution in [0.15, 0.2) is 52.4 Å². The molecule has 8 nitrogen and oxygen atoms in total. The molecular formula is C25H29N3O5S. The van der Waals surface area contributed by atoms with Gasteiger partial charge in [0.2, 0.25) is 5.91 Å². The molecule has 0 fully saturated rings. The number of carbonyl (C=O) groups is 1. The minimum atomic E-state index is -0.0957. The van der Waals surface area contributed by atoms with Gasteiger partial charge in [0.1, 0.15) is 13.2 Å². The van der Waals surface area contributed by atoms with Gasteiger partial charge in [-0.25, -0.2) is 4.98 Å². The van der Waals surface area contributed by atoms with E-state index < -0.39 is 0 Å². The summed E-state index contributed by atoms with van der Waals surface area (Å²) in [5.74, 6) is 1.56. The van der Waals surface area contributed by atoms with Crippen LogP contribution in [-0.4, -0.2) is 59.6 Å². The van der Waals surface area contributed by atoms with E-state index in [1.807, 2.05) is 43.3 Å². The second kappa shape index (κ2) is 11.4. The first kappa shape index (κ1) is 24.1. The highest BCUT2D eigenvalue weighted by atomic mass is 32.2. The number of carbonyl (C=O) groups excluding carboxylic acids is 1. The summed E-state index contributed by atoms with van der Waals surface area (Å²) in [6, 6.07) is 13.0. The quantitative estimate of drug-likeness (QED) is 0.248. The largest absolute Gasteiger partial charge is 0.486 e. The van der Waals surface area contributed by atoms with E-state index in [2.05, 4.69) is 4.98 Å². The maximum atomic E-state index is 13.1. The molecule has 34 heavy (non-hydrogen) atoms. The second-order valence-electron chi connectivity index (χ2n) is 7.94. The number of ether oxygens (including phenoxy) is 3. The van der Waals surface area contributed by atoms with Crippen LogP contribution in [0.3, 0.4) is 0 Å². The summed E-state index contributed by atoms with van der Waals surface area (Å²) in [4.78, 5) is 32.3. The SMILES string of the molecule is CCOCCCn1c(SCC(=O)N(C)Cc2ccc3c(c2)OCCO3)nc2ccccc2c1=O. The molecule has 0 bridgehead atoms. The van der Waals surface area contributed by atoms with Crippen molar-refractivity contribution < 1.29 is 19.0 Å². The predicted molar refractivity (Wildman–Crippen MR) is 132 cm³/mol. The van der Waals surface area contributed by atoms with E-state index >= 15 is 0 Å². The number of hydrogen-bond donors (Lipinski definition) is 0. The van der Waals surface area contributed by atoms with Gasteiger partial charge in [-0.05, 0) is 43.2 Å². The summed E-state index contributed by atoms with van der Waals surface area (Å²) in [6.07, 6.45) is 0.694. The zero-order valence-electron chi connectivity index (χ0n) is 19.5. The van der Waals surface area contributed by atoms with Gasteiger partial charge >= 0.3 is 0 Å². The minimum absolute atomic E-state index is 0.0526. The Labute approximate surface area is 202 Å². The molecule has 2 heterocycles. The summed E-state index contributed by atoms with van der Waals surface area (Å²) in [5.41, 5.74) is 1.50. The second-order valence-corrected chi connectivity index (χ2v) is 8.88. The minimum Gasteiger partial charge on any atom is -0.486 e. The normalized spacial score (nSPS) is 12.6. The smallest absolute Gasteiger partial charge is 0.262 e. The van der Waals surface area contributed by atoms with E-state index in [0.717, 1.165) is 11.3 Å². The van der Waals surface area contributed by atoms with Crippen LogP contribution >= 0.6 is 11.8 Å². The van der Waals surface area contributed by atoms with Crippen molar-refractivity contribution in [2.45, 2.75) is 31.6 Å². The average molecular weight is 484 g/mol. The lowest BCUT2D eigenvalue weighted by Crippen LogP contribution is -2.29. The van der Waals surface area contributed by atoms with Gasteiger partial charge in [-0.3, -0.25) is 14.2 Å². The number of thioether (sulfide) groups is 1. The number of amides is 1. The molecule has 0 aliphatic carbocycles. The molecule has 1 aliphatic rings. The van der Waals surface area contributed by atoms with Gasteiger partial charge in [0.05, 0.1) is 16.7 Å². The Balaban J connectivity index is 1.45. The number of rotatable bonds is 10. The molecule has 0 saturated carbocycles. The van der Waals surface area contributed by atoms with E-state index in [1.54, 1.807) is 22.6 Å². The Kier molecular flexibility index (Phi) is 8.08. The molecule has 0 radical (unpaired) electrons. The molecule has 1 aliphatic heterocycles. The molecule has 2 aromatic carbocycles. The van der Waals surface area contributed by atoms with Crippen molar-refractivity contribution in [1.82, 2.24) is 14.5 Å². The highest BCUT2D eigenvalue weighted by Gasteiger charge is 2.17. The number of para-hydroxylation sites is 1. The van der Waals surface area contributed by atoms with Crippen molar-refractivity contribution in [3.8, 4) is 11.5 Å². The Morgan fingerprint density at radius 3 is 2.79 bits per heavy atom. The number of hydrogen-bond acceptors (Lipinski definition) is 7. The fraction of sp³-hybridized carbons (Fsp3) is 0.400. The van der Waals surface area contributed by atoms with Crippen molar-refractivity contribution in [2.75, 3.05) is 39.2 Å². The Bertz CT molecular complexity index is 1210. The molecule has 0 saturated heterocycles. The lowest BCUT2D eigenvalue weighted by atomic mass is 10.2. The van der Waals surface area contributed by atoms with Gasteiger partial charge in [0, 0.05) is 33.4 Å². The molecule has 0 spiro atoms. The first-order valence-corrected chi connectivity index (χ1v) is 12.4. The van der Waals surface area contributed by atoms with Gasteiger partial charge in [-0.2, -0.15) is 0 Å². The van der Waals surface area contributed by atoms with Gasteiger partial charge < -0.3 is 19.1 Å². The Morgan fingerprint density at radius 2 is 1.97 bits per heavy atom. The van der Waals surface area contributed by atoms with E-state index in [1.165, 1.54) is 11.8 Å². The molecule has 9 heteroatoms. The van der Waals surface area contributed by atoms with Crippen molar-refractivity contribution >= 4 is 28.6 Å². The van der Waals surface area contributed by atoms with Crippen LogP contribution in [0, 0.1) is 0 Å². The fourth-order valence-corrected chi connectivity index (χ4v) is 4.67. The average Bonchev–Trinajstić information content (AvgIpc) is 2.86. The number of benzene rings is 2. The lowest BCUT2D eigenvalue weighted by molar-refractivity contribution is -0.127. The Morgan fingerprint density at radius 1 is 1.18 bits per heavy atom. The highest BCUT2D eigenvalue weighted by Crippen LogP contribution is 2.31. The van der Waals surface area contributed by atoms with Crippen LogP contribution in [0.5, 0.6) is 11.5 Å². The molecular weight excluding hydrogens is 454 g/mol. The monoisotopic (exact) mass is 483 g/mol. The summed E-state index contributed by atoms with van der Waals surface area (Å²) in [5, 5.41) is 1.12. The molecule has 0 atom stereocenters. The van der Waals surface area contributed by atoms with Gasteiger partial charge in [0.25, 0.3) is 5.56 Å². The van der Waals surface area contributed by atoms with E-state index in [9.17, 15) is 9.59 Å². The van der Waals surface area contributed by atoms with Crippen molar-refractivity contribution in [2.24, 2.45) is 0 Å². The first-order chi connectivity index (χ1) is 16.6. The molecule has 1 aromatic heterocycles. The third-order valence-electron chi connectivity index (χ3n) is 5.48. The van der Waals surface area contributed by atoms with Crippen LogP contribution < -0.4 is 15.0 Å². The summed E-state index contributed by atoms with van der Waals surface area (Å²) >= 11 is 1.28. The molecule has 1 amide bonds. The number of aromatic nitrogens is 2. The van der Waals surface area contributed by atoms with E-state index in [-0.39, 0.29) is 17.2 Å². The summed E-state index contributed by atoms with van der Waals surface area (Å²) in [7, 11) is 1.77. The zero-order valence-corrected chi connectivity index (χ0v) is 20.3.